The van der Waals surface area contributed by atoms with Crippen LogP contribution in [-0.2, 0) is 9.59 Å². The van der Waals surface area contributed by atoms with Crippen molar-refractivity contribution in [1.82, 2.24) is 20.2 Å². The molecule has 2 rings (SSSR count). The van der Waals surface area contributed by atoms with Gasteiger partial charge in [-0.15, -0.1) is 0 Å². The molecule has 2 unspecified atom stereocenters. The Hall–Kier alpha value is -2.19. The van der Waals surface area contributed by atoms with Gasteiger partial charge in [0.25, 0.3) is 0 Å². The number of carbonyl (C=O) groups is 2. The summed E-state index contributed by atoms with van der Waals surface area (Å²) in [6, 6.07) is -1.16. The number of hydrogen-bond donors (Lipinski definition) is 4. The summed E-state index contributed by atoms with van der Waals surface area (Å²) in [5.41, 5.74) is 0.640. The second-order valence-corrected chi connectivity index (χ2v) is 6.03. The van der Waals surface area contributed by atoms with E-state index in [-0.39, 0.29) is 12.6 Å². The van der Waals surface area contributed by atoms with Gasteiger partial charge in [0.2, 0.25) is 11.8 Å². The molecule has 1 fully saturated rings. The van der Waals surface area contributed by atoms with Gasteiger partial charge in [0, 0.05) is 12.1 Å². The molecular formula is C16H24N4O4. The van der Waals surface area contributed by atoms with Crippen LogP contribution in [0.5, 0.6) is 0 Å². The number of amides is 2. The minimum absolute atomic E-state index is 0.0649. The lowest BCUT2D eigenvalue weighted by Gasteiger charge is -2.25. The zero-order chi connectivity index (χ0) is 17.7. The number of nitrogens with zero attached hydrogens (tertiary/aromatic N) is 2. The molecule has 0 saturated carbocycles. The van der Waals surface area contributed by atoms with E-state index < -0.39 is 30.1 Å². The molecule has 4 N–H and O–H groups in total. The van der Waals surface area contributed by atoms with Gasteiger partial charge in [-0.2, -0.15) is 0 Å². The van der Waals surface area contributed by atoms with Crippen LogP contribution in [0, 0.1) is 0 Å². The van der Waals surface area contributed by atoms with E-state index in [1.165, 1.54) is 23.4 Å². The fourth-order valence-corrected chi connectivity index (χ4v) is 2.79. The number of nitrogens with one attached hydrogen (secondary N) is 2. The van der Waals surface area contributed by atoms with Crippen molar-refractivity contribution in [3.8, 4) is 0 Å². The van der Waals surface area contributed by atoms with Gasteiger partial charge >= 0.3 is 0 Å². The van der Waals surface area contributed by atoms with E-state index in [0.717, 1.165) is 12.8 Å². The van der Waals surface area contributed by atoms with Gasteiger partial charge in [0.15, 0.2) is 0 Å². The van der Waals surface area contributed by atoms with Crippen molar-refractivity contribution in [2.75, 3.05) is 6.54 Å². The molecule has 0 bridgehead atoms. The molecule has 0 aromatic carbocycles. The molecule has 1 saturated heterocycles. The standard InChI is InChI=1S/C16H24N4O4/c1-3-4-10(2)19-16(24)14-15(23)12(21)8-20(14)13(22)6-5-11-7-17-9-18-11/h5-7,9-10,12,14-15,21,23H,3-4,8H2,1-2H3,(H,17,18)(H,19,24)/t10?,12-,14?,15+/m0/s1. The van der Waals surface area contributed by atoms with Crippen LogP contribution < -0.4 is 5.32 Å². The Kier molecular flexibility index (Phi) is 6.10. The predicted molar refractivity (Wildman–Crippen MR) is 87.6 cm³/mol. The molecule has 1 aliphatic heterocycles. The maximum atomic E-state index is 12.4. The number of aromatic nitrogens is 2. The van der Waals surface area contributed by atoms with Gasteiger partial charge in [-0.05, 0) is 19.4 Å². The molecule has 24 heavy (non-hydrogen) atoms. The molecule has 8 nitrogen and oxygen atoms in total. The average Bonchev–Trinajstić information content (AvgIpc) is 3.14. The quantitative estimate of drug-likeness (QED) is 0.530. The van der Waals surface area contributed by atoms with Crippen LogP contribution in [0.4, 0.5) is 0 Å². The highest BCUT2D eigenvalue weighted by atomic mass is 16.3. The summed E-state index contributed by atoms with van der Waals surface area (Å²) in [6.45, 7) is 3.78. The van der Waals surface area contributed by atoms with Crippen molar-refractivity contribution in [1.29, 1.82) is 0 Å². The summed E-state index contributed by atoms with van der Waals surface area (Å²) in [4.78, 5) is 32.6. The maximum absolute atomic E-state index is 12.4. The number of imidazole rings is 1. The normalized spacial score (nSPS) is 25.2. The third-order valence-electron chi connectivity index (χ3n) is 4.02. The van der Waals surface area contributed by atoms with Crippen LogP contribution in [0.1, 0.15) is 32.4 Å². The third kappa shape index (κ3) is 4.21. The number of aromatic amines is 1. The van der Waals surface area contributed by atoms with E-state index >= 15 is 0 Å². The summed E-state index contributed by atoms with van der Waals surface area (Å²) in [5, 5.41) is 22.7. The highest BCUT2D eigenvalue weighted by Crippen LogP contribution is 2.20. The van der Waals surface area contributed by atoms with E-state index in [2.05, 4.69) is 15.3 Å². The van der Waals surface area contributed by atoms with Crippen LogP contribution in [0.3, 0.4) is 0 Å². The number of H-pyrrole nitrogens is 1. The summed E-state index contributed by atoms with van der Waals surface area (Å²) in [7, 11) is 0. The highest BCUT2D eigenvalue weighted by Gasteiger charge is 2.46. The molecule has 0 aliphatic carbocycles. The number of rotatable bonds is 6. The van der Waals surface area contributed by atoms with Crippen molar-refractivity contribution in [2.45, 2.75) is 51.0 Å². The molecule has 1 aromatic heterocycles. The Morgan fingerprint density at radius 1 is 1.54 bits per heavy atom. The van der Waals surface area contributed by atoms with E-state index in [0.29, 0.717) is 5.69 Å². The second kappa shape index (κ2) is 8.07. The molecule has 2 heterocycles. The zero-order valence-corrected chi connectivity index (χ0v) is 13.8. The Labute approximate surface area is 140 Å². The number of carbonyl (C=O) groups excluding carboxylic acids is 2. The Morgan fingerprint density at radius 2 is 2.29 bits per heavy atom. The first-order chi connectivity index (χ1) is 11.4. The molecule has 0 spiro atoms. The van der Waals surface area contributed by atoms with E-state index in [1.54, 1.807) is 6.20 Å². The van der Waals surface area contributed by atoms with Gasteiger partial charge in [-0.1, -0.05) is 13.3 Å². The lowest BCUT2D eigenvalue weighted by atomic mass is 10.1. The third-order valence-corrected chi connectivity index (χ3v) is 4.02. The largest absolute Gasteiger partial charge is 0.388 e. The number of hydrogen-bond acceptors (Lipinski definition) is 5. The second-order valence-electron chi connectivity index (χ2n) is 6.03. The van der Waals surface area contributed by atoms with E-state index in [1.807, 2.05) is 13.8 Å². The number of β-amino-alcohol motifs (C(OH)–C–C–N with tert-alkyl or cyclic N) is 1. The lowest BCUT2D eigenvalue weighted by molar-refractivity contribution is -0.137. The van der Waals surface area contributed by atoms with Crippen molar-refractivity contribution >= 4 is 17.9 Å². The molecule has 8 heteroatoms. The minimum Gasteiger partial charge on any atom is -0.388 e. The van der Waals surface area contributed by atoms with Crippen molar-refractivity contribution < 1.29 is 19.8 Å². The summed E-state index contributed by atoms with van der Waals surface area (Å²) in [6.07, 6.45) is 5.11. The first-order valence-electron chi connectivity index (χ1n) is 8.07. The van der Waals surface area contributed by atoms with Gasteiger partial charge in [-0.25, -0.2) is 4.98 Å². The minimum atomic E-state index is -1.30. The van der Waals surface area contributed by atoms with Gasteiger partial charge in [0.1, 0.15) is 18.2 Å². The first kappa shape index (κ1) is 18.2. The van der Waals surface area contributed by atoms with Crippen LogP contribution in [0.25, 0.3) is 6.08 Å². The first-order valence-corrected chi connectivity index (χ1v) is 8.07. The highest BCUT2D eigenvalue weighted by molar-refractivity contribution is 5.96. The summed E-state index contributed by atoms with van der Waals surface area (Å²) < 4.78 is 0. The van der Waals surface area contributed by atoms with Crippen LogP contribution >= 0.6 is 0 Å². The van der Waals surface area contributed by atoms with E-state index in [4.69, 9.17) is 0 Å². The maximum Gasteiger partial charge on any atom is 0.247 e. The molecule has 2 amide bonds. The fraction of sp³-hybridized carbons (Fsp3) is 0.562. The van der Waals surface area contributed by atoms with Crippen LogP contribution in [0.2, 0.25) is 0 Å². The summed E-state index contributed by atoms with van der Waals surface area (Å²) in [5.74, 6) is -0.910. The monoisotopic (exact) mass is 336 g/mol. The number of likely N-dealkylation sites (tertiary alicyclic amines) is 1. The summed E-state index contributed by atoms with van der Waals surface area (Å²) >= 11 is 0. The average molecular weight is 336 g/mol. The van der Waals surface area contributed by atoms with Gasteiger partial charge in [-0.3, -0.25) is 9.59 Å². The van der Waals surface area contributed by atoms with Crippen molar-refractivity contribution in [2.24, 2.45) is 0 Å². The fourth-order valence-electron chi connectivity index (χ4n) is 2.79. The smallest absolute Gasteiger partial charge is 0.247 e. The van der Waals surface area contributed by atoms with Crippen molar-refractivity contribution in [3.05, 3.63) is 24.3 Å². The molecular weight excluding hydrogens is 312 g/mol. The predicted octanol–water partition coefficient (Wildman–Crippen LogP) is -0.340. The Bertz CT molecular complexity index is 587. The number of aliphatic hydroxyl groups is 2. The molecule has 4 atom stereocenters. The zero-order valence-electron chi connectivity index (χ0n) is 13.8. The van der Waals surface area contributed by atoms with Gasteiger partial charge < -0.3 is 25.4 Å². The van der Waals surface area contributed by atoms with Gasteiger partial charge in [0.05, 0.1) is 24.8 Å². The lowest BCUT2D eigenvalue weighted by Crippen LogP contribution is -2.52. The molecule has 132 valence electrons. The number of aliphatic hydroxyl groups excluding tert-OH is 2. The van der Waals surface area contributed by atoms with Crippen LogP contribution in [0.15, 0.2) is 18.6 Å². The molecule has 0 radical (unpaired) electrons. The Balaban J connectivity index is 2.08. The molecule has 1 aromatic rings. The Morgan fingerprint density at radius 3 is 2.92 bits per heavy atom. The van der Waals surface area contributed by atoms with Crippen LogP contribution in [-0.4, -0.2) is 67.7 Å². The SMILES string of the molecule is CCCC(C)NC(=O)C1[C@H](O)[C@@H](O)CN1C(=O)C=Cc1cnc[nH]1. The topological polar surface area (TPSA) is 119 Å². The van der Waals surface area contributed by atoms with E-state index in [9.17, 15) is 19.8 Å². The molecule has 1 aliphatic rings. The van der Waals surface area contributed by atoms with Crippen molar-refractivity contribution in [3.63, 3.8) is 0 Å².